The van der Waals surface area contributed by atoms with Gasteiger partial charge < -0.3 is 4.90 Å². The Morgan fingerprint density at radius 3 is 2.44 bits per heavy atom. The molecule has 0 fully saturated rings. The lowest BCUT2D eigenvalue weighted by Crippen LogP contribution is -2.41. The Morgan fingerprint density at radius 1 is 1.12 bits per heavy atom. The van der Waals surface area contributed by atoms with Gasteiger partial charge in [0.05, 0.1) is 17.4 Å². The Labute approximate surface area is 146 Å². The SMILES string of the molecule is Cc1ccc(N(C(=O)c2ccccc2F)[C@H]2C=CS(=O)(=O)C2)cc1C. The van der Waals surface area contributed by atoms with Gasteiger partial charge in [-0.1, -0.05) is 18.2 Å². The molecule has 0 N–H and O–H groups in total. The summed E-state index contributed by atoms with van der Waals surface area (Å²) >= 11 is 0. The number of carbonyl (C=O) groups excluding carboxylic acids is 1. The molecule has 2 aromatic carbocycles. The van der Waals surface area contributed by atoms with Crippen LogP contribution in [0.4, 0.5) is 10.1 Å². The quantitative estimate of drug-likeness (QED) is 0.844. The van der Waals surface area contributed by atoms with E-state index in [0.29, 0.717) is 5.69 Å². The number of rotatable bonds is 3. The number of anilines is 1. The predicted octanol–water partition coefficient (Wildman–Crippen LogP) is 3.40. The maximum Gasteiger partial charge on any atom is 0.261 e. The molecule has 2 aromatic rings. The molecule has 0 spiro atoms. The molecule has 1 aliphatic rings. The van der Waals surface area contributed by atoms with Crippen LogP contribution in [-0.2, 0) is 9.84 Å². The molecule has 0 radical (unpaired) electrons. The monoisotopic (exact) mass is 359 g/mol. The van der Waals surface area contributed by atoms with E-state index in [2.05, 4.69) is 0 Å². The average molecular weight is 359 g/mol. The molecule has 0 saturated carbocycles. The van der Waals surface area contributed by atoms with Gasteiger partial charge in [-0.2, -0.15) is 0 Å². The van der Waals surface area contributed by atoms with Gasteiger partial charge in [0.1, 0.15) is 5.82 Å². The van der Waals surface area contributed by atoms with Crippen molar-refractivity contribution in [3.63, 3.8) is 0 Å². The third-order valence-corrected chi connectivity index (χ3v) is 5.71. The minimum atomic E-state index is -3.36. The zero-order chi connectivity index (χ0) is 18.2. The Balaban J connectivity index is 2.09. The summed E-state index contributed by atoms with van der Waals surface area (Å²) in [4.78, 5) is 14.4. The highest BCUT2D eigenvalue weighted by Gasteiger charge is 2.33. The van der Waals surface area contributed by atoms with Crippen LogP contribution in [0.1, 0.15) is 21.5 Å². The first kappa shape index (κ1) is 17.4. The van der Waals surface area contributed by atoms with Crippen molar-refractivity contribution in [2.45, 2.75) is 19.9 Å². The van der Waals surface area contributed by atoms with Gasteiger partial charge in [0.15, 0.2) is 9.84 Å². The summed E-state index contributed by atoms with van der Waals surface area (Å²) in [6.45, 7) is 3.86. The number of halogens is 1. The fourth-order valence-electron chi connectivity index (χ4n) is 2.82. The molecule has 0 unspecified atom stereocenters. The van der Waals surface area contributed by atoms with Crippen LogP contribution in [0.2, 0.25) is 0 Å². The maximum atomic E-state index is 14.1. The van der Waals surface area contributed by atoms with Crippen LogP contribution in [0.3, 0.4) is 0 Å². The van der Waals surface area contributed by atoms with E-state index in [9.17, 15) is 17.6 Å². The molecule has 0 aliphatic carbocycles. The van der Waals surface area contributed by atoms with Crippen molar-refractivity contribution >= 4 is 21.4 Å². The first-order valence-electron chi connectivity index (χ1n) is 7.85. The first-order valence-corrected chi connectivity index (χ1v) is 9.56. The van der Waals surface area contributed by atoms with E-state index in [4.69, 9.17) is 0 Å². The van der Waals surface area contributed by atoms with Crippen molar-refractivity contribution in [1.29, 1.82) is 0 Å². The largest absolute Gasteiger partial charge is 0.300 e. The summed E-state index contributed by atoms with van der Waals surface area (Å²) in [6.07, 6.45) is 1.48. The molecule has 6 heteroatoms. The van der Waals surface area contributed by atoms with Gasteiger partial charge in [0, 0.05) is 11.1 Å². The summed E-state index contributed by atoms with van der Waals surface area (Å²) in [6, 6.07) is 10.5. The van der Waals surface area contributed by atoms with Gasteiger partial charge in [-0.25, -0.2) is 12.8 Å². The van der Waals surface area contributed by atoms with Crippen LogP contribution >= 0.6 is 0 Å². The van der Waals surface area contributed by atoms with E-state index in [0.717, 1.165) is 16.5 Å². The van der Waals surface area contributed by atoms with Gasteiger partial charge >= 0.3 is 0 Å². The van der Waals surface area contributed by atoms with Gasteiger partial charge in [-0.05, 0) is 55.3 Å². The van der Waals surface area contributed by atoms with Crippen molar-refractivity contribution < 1.29 is 17.6 Å². The van der Waals surface area contributed by atoms with Crippen molar-refractivity contribution in [3.8, 4) is 0 Å². The molecular formula is C19H18FNO3S. The van der Waals surface area contributed by atoms with Crippen molar-refractivity contribution in [2.75, 3.05) is 10.7 Å². The smallest absolute Gasteiger partial charge is 0.261 e. The van der Waals surface area contributed by atoms with E-state index >= 15 is 0 Å². The molecule has 3 rings (SSSR count). The Hall–Kier alpha value is -2.47. The lowest BCUT2D eigenvalue weighted by Gasteiger charge is -2.28. The van der Waals surface area contributed by atoms with E-state index in [-0.39, 0.29) is 11.3 Å². The topological polar surface area (TPSA) is 54.5 Å². The summed E-state index contributed by atoms with van der Waals surface area (Å²) in [5.74, 6) is -1.40. The van der Waals surface area contributed by atoms with E-state index < -0.39 is 27.6 Å². The van der Waals surface area contributed by atoms with Crippen molar-refractivity contribution in [1.82, 2.24) is 0 Å². The summed E-state index contributed by atoms with van der Waals surface area (Å²) in [5.41, 5.74) is 2.48. The fourth-order valence-corrected chi connectivity index (χ4v) is 4.09. The minimum absolute atomic E-state index is 0.0848. The van der Waals surface area contributed by atoms with Crippen LogP contribution in [0, 0.1) is 19.7 Å². The average Bonchev–Trinajstić information content (AvgIpc) is 2.91. The molecule has 0 bridgehead atoms. The van der Waals surface area contributed by atoms with Crippen LogP contribution in [-0.4, -0.2) is 26.1 Å². The molecule has 0 aromatic heterocycles. The number of carbonyl (C=O) groups is 1. The standard InChI is InChI=1S/C19H18FNO3S/c1-13-7-8-15(11-14(13)2)21(16-9-10-25(23,24)12-16)19(22)17-5-3-4-6-18(17)20/h3-11,16H,12H2,1-2H3/t16-/m0/s1. The van der Waals surface area contributed by atoms with Gasteiger partial charge in [-0.15, -0.1) is 0 Å². The summed E-state index contributed by atoms with van der Waals surface area (Å²) in [5, 5.41) is 1.11. The fraction of sp³-hybridized carbons (Fsp3) is 0.211. The molecule has 1 aliphatic heterocycles. The normalized spacial score (nSPS) is 18.3. The predicted molar refractivity (Wildman–Crippen MR) is 95.8 cm³/mol. The molecule has 1 heterocycles. The molecule has 25 heavy (non-hydrogen) atoms. The molecule has 0 saturated heterocycles. The molecule has 4 nitrogen and oxygen atoms in total. The molecule has 130 valence electrons. The second kappa shape index (κ2) is 6.44. The van der Waals surface area contributed by atoms with Crippen molar-refractivity contribution in [2.24, 2.45) is 0 Å². The Bertz CT molecular complexity index is 966. The zero-order valence-electron chi connectivity index (χ0n) is 13.9. The highest BCUT2D eigenvalue weighted by Crippen LogP contribution is 2.27. The van der Waals surface area contributed by atoms with Gasteiger partial charge in [0.2, 0.25) is 0 Å². The number of hydrogen-bond acceptors (Lipinski definition) is 3. The van der Waals surface area contributed by atoms with Crippen LogP contribution in [0.15, 0.2) is 53.9 Å². The Morgan fingerprint density at radius 2 is 1.84 bits per heavy atom. The van der Waals surface area contributed by atoms with Crippen LogP contribution in [0.5, 0.6) is 0 Å². The first-order chi connectivity index (χ1) is 11.8. The highest BCUT2D eigenvalue weighted by atomic mass is 32.2. The third kappa shape index (κ3) is 3.49. The maximum absolute atomic E-state index is 14.1. The summed E-state index contributed by atoms with van der Waals surface area (Å²) in [7, 11) is -3.36. The zero-order valence-corrected chi connectivity index (χ0v) is 14.8. The lowest BCUT2D eigenvalue weighted by atomic mass is 10.1. The molecular weight excluding hydrogens is 341 g/mol. The number of aryl methyl sites for hydroxylation is 2. The summed E-state index contributed by atoms with van der Waals surface area (Å²) < 4.78 is 37.8. The number of benzene rings is 2. The van der Waals surface area contributed by atoms with E-state index in [1.807, 2.05) is 26.0 Å². The number of hydrogen-bond donors (Lipinski definition) is 0. The second-order valence-electron chi connectivity index (χ2n) is 6.15. The molecule has 1 atom stereocenters. The van der Waals surface area contributed by atoms with E-state index in [1.165, 1.54) is 29.2 Å². The second-order valence-corrected chi connectivity index (χ2v) is 8.08. The Kier molecular flexibility index (Phi) is 4.47. The van der Waals surface area contributed by atoms with E-state index in [1.54, 1.807) is 12.1 Å². The number of nitrogens with zero attached hydrogens (tertiary/aromatic N) is 1. The van der Waals surface area contributed by atoms with Gasteiger partial charge in [0.25, 0.3) is 5.91 Å². The van der Waals surface area contributed by atoms with Crippen LogP contribution < -0.4 is 4.90 Å². The van der Waals surface area contributed by atoms with Crippen molar-refractivity contribution in [3.05, 3.63) is 76.5 Å². The minimum Gasteiger partial charge on any atom is -0.300 e. The van der Waals surface area contributed by atoms with Crippen LogP contribution in [0.25, 0.3) is 0 Å². The third-order valence-electron chi connectivity index (χ3n) is 4.33. The van der Waals surface area contributed by atoms with Gasteiger partial charge in [-0.3, -0.25) is 4.79 Å². The lowest BCUT2D eigenvalue weighted by molar-refractivity contribution is 0.0979. The number of sulfone groups is 1. The number of amides is 1. The highest BCUT2D eigenvalue weighted by molar-refractivity contribution is 7.94. The molecule has 1 amide bonds.